The first kappa shape index (κ1) is 15.6. The van der Waals surface area contributed by atoms with E-state index in [1.54, 1.807) is 6.07 Å². The standard InChI is InChI=1S/C15H23FN4O/c1-15(2,3)19-14(17)18-12-5-4-11(16)10-13(12)20-6-8-21-9-7-20/h4-5,10H,6-9H2,1-3H3,(H3,17,18,19). The van der Waals surface area contributed by atoms with Crippen LogP contribution < -0.4 is 16.0 Å². The zero-order valence-corrected chi connectivity index (χ0v) is 12.8. The summed E-state index contributed by atoms with van der Waals surface area (Å²) >= 11 is 0. The van der Waals surface area contributed by atoms with Crippen LogP contribution in [0, 0.1) is 5.82 Å². The van der Waals surface area contributed by atoms with Gasteiger partial charge in [-0.1, -0.05) is 0 Å². The van der Waals surface area contributed by atoms with Gasteiger partial charge in [-0.2, -0.15) is 0 Å². The molecule has 3 N–H and O–H groups in total. The van der Waals surface area contributed by atoms with Crippen molar-refractivity contribution in [1.29, 1.82) is 0 Å². The first-order valence-corrected chi connectivity index (χ1v) is 7.10. The van der Waals surface area contributed by atoms with E-state index in [0.717, 1.165) is 18.8 Å². The number of benzene rings is 1. The summed E-state index contributed by atoms with van der Waals surface area (Å²) in [6, 6.07) is 4.54. The maximum Gasteiger partial charge on any atom is 0.194 e. The van der Waals surface area contributed by atoms with Gasteiger partial charge in [0.15, 0.2) is 5.96 Å². The van der Waals surface area contributed by atoms with Crippen LogP contribution in [0.1, 0.15) is 20.8 Å². The molecule has 0 unspecified atom stereocenters. The monoisotopic (exact) mass is 294 g/mol. The number of nitrogens with one attached hydrogen (secondary N) is 1. The topological polar surface area (TPSA) is 62.9 Å². The maximum atomic E-state index is 13.6. The second kappa shape index (κ2) is 6.30. The first-order valence-electron chi connectivity index (χ1n) is 7.10. The Morgan fingerprint density at radius 3 is 2.62 bits per heavy atom. The normalized spacial score (nSPS) is 17.0. The summed E-state index contributed by atoms with van der Waals surface area (Å²) in [6.45, 7) is 8.72. The van der Waals surface area contributed by atoms with E-state index in [1.165, 1.54) is 12.1 Å². The van der Waals surface area contributed by atoms with Crippen LogP contribution >= 0.6 is 0 Å². The number of hydrogen-bond donors (Lipinski definition) is 2. The van der Waals surface area contributed by atoms with Gasteiger partial charge in [0, 0.05) is 18.6 Å². The highest BCUT2D eigenvalue weighted by Crippen LogP contribution is 2.30. The molecule has 1 saturated heterocycles. The number of morpholine rings is 1. The summed E-state index contributed by atoms with van der Waals surface area (Å²) in [6.07, 6.45) is 0. The Hall–Kier alpha value is -1.82. The number of halogens is 1. The molecule has 116 valence electrons. The van der Waals surface area contributed by atoms with Crippen LogP contribution in [0.25, 0.3) is 0 Å². The van der Waals surface area contributed by atoms with Crippen LogP contribution in [0.3, 0.4) is 0 Å². The number of hydrogen-bond acceptors (Lipinski definition) is 3. The molecule has 1 heterocycles. The van der Waals surface area contributed by atoms with Gasteiger partial charge in [-0.15, -0.1) is 0 Å². The molecule has 0 amide bonds. The van der Waals surface area contributed by atoms with Crippen molar-refractivity contribution in [1.82, 2.24) is 5.32 Å². The summed E-state index contributed by atoms with van der Waals surface area (Å²) in [7, 11) is 0. The van der Waals surface area contributed by atoms with Crippen molar-refractivity contribution in [3.05, 3.63) is 24.0 Å². The molecule has 1 aliphatic rings. The number of aliphatic imine (C=N–C) groups is 1. The Morgan fingerprint density at radius 2 is 2.00 bits per heavy atom. The number of nitrogens with zero attached hydrogens (tertiary/aromatic N) is 2. The summed E-state index contributed by atoms with van der Waals surface area (Å²) in [5.74, 6) is 0.0430. The lowest BCUT2D eigenvalue weighted by Gasteiger charge is -2.30. The van der Waals surface area contributed by atoms with Crippen molar-refractivity contribution in [2.45, 2.75) is 26.3 Å². The van der Waals surface area contributed by atoms with E-state index in [9.17, 15) is 4.39 Å². The van der Waals surface area contributed by atoms with E-state index in [4.69, 9.17) is 10.5 Å². The van der Waals surface area contributed by atoms with Gasteiger partial charge in [0.05, 0.1) is 24.6 Å². The summed E-state index contributed by atoms with van der Waals surface area (Å²) < 4.78 is 18.9. The van der Waals surface area contributed by atoms with Gasteiger partial charge in [0.1, 0.15) is 5.82 Å². The zero-order valence-electron chi connectivity index (χ0n) is 12.8. The Labute approximate surface area is 125 Å². The Kier molecular flexibility index (Phi) is 4.67. The molecule has 5 nitrogen and oxygen atoms in total. The lowest BCUT2D eigenvalue weighted by molar-refractivity contribution is 0.122. The highest BCUT2D eigenvalue weighted by atomic mass is 19.1. The van der Waals surface area contributed by atoms with Crippen LogP contribution in [-0.4, -0.2) is 37.8 Å². The minimum Gasteiger partial charge on any atom is -0.378 e. The Morgan fingerprint density at radius 1 is 1.33 bits per heavy atom. The summed E-state index contributed by atoms with van der Waals surface area (Å²) in [5.41, 5.74) is 7.16. The zero-order chi connectivity index (χ0) is 15.5. The van der Waals surface area contributed by atoms with Crippen molar-refractivity contribution in [3.8, 4) is 0 Å². The lowest BCUT2D eigenvalue weighted by atomic mass is 10.1. The number of ether oxygens (including phenoxy) is 1. The van der Waals surface area contributed by atoms with Crippen LogP contribution in [0.5, 0.6) is 0 Å². The highest BCUT2D eigenvalue weighted by molar-refractivity contribution is 5.84. The molecular formula is C15H23FN4O. The molecule has 0 bridgehead atoms. The number of guanidine groups is 1. The molecule has 1 fully saturated rings. The molecule has 0 atom stereocenters. The maximum absolute atomic E-state index is 13.6. The largest absolute Gasteiger partial charge is 0.378 e. The van der Waals surface area contributed by atoms with E-state index in [2.05, 4.69) is 15.2 Å². The Bertz CT molecular complexity index is 519. The molecule has 1 aromatic rings. The van der Waals surface area contributed by atoms with Crippen molar-refractivity contribution in [3.63, 3.8) is 0 Å². The fourth-order valence-electron chi connectivity index (χ4n) is 2.19. The molecule has 0 saturated carbocycles. The van der Waals surface area contributed by atoms with Gasteiger partial charge in [0.25, 0.3) is 0 Å². The predicted octanol–water partition coefficient (Wildman–Crippen LogP) is 2.00. The second-order valence-electron chi connectivity index (χ2n) is 6.10. The minimum atomic E-state index is -0.280. The molecule has 0 aromatic heterocycles. The number of nitrogens with two attached hydrogens (primary N) is 1. The number of anilines is 1. The third-order valence-corrected chi connectivity index (χ3v) is 3.03. The molecule has 0 aliphatic carbocycles. The van der Waals surface area contributed by atoms with E-state index in [1.807, 2.05) is 20.8 Å². The van der Waals surface area contributed by atoms with Crippen LogP contribution in [0.4, 0.5) is 15.8 Å². The molecule has 0 spiro atoms. The third kappa shape index (κ3) is 4.60. The lowest BCUT2D eigenvalue weighted by Crippen LogP contribution is -2.44. The minimum absolute atomic E-state index is 0.174. The van der Waals surface area contributed by atoms with E-state index >= 15 is 0 Å². The summed E-state index contributed by atoms with van der Waals surface area (Å²) in [5, 5.41) is 3.10. The van der Waals surface area contributed by atoms with Crippen molar-refractivity contribution < 1.29 is 9.13 Å². The average Bonchev–Trinajstić information content (AvgIpc) is 2.40. The van der Waals surface area contributed by atoms with Crippen molar-refractivity contribution >= 4 is 17.3 Å². The van der Waals surface area contributed by atoms with Gasteiger partial charge in [-0.05, 0) is 39.0 Å². The SMILES string of the molecule is CC(C)(C)NC(N)=Nc1ccc(F)cc1N1CCOCC1. The molecule has 6 heteroatoms. The van der Waals surface area contributed by atoms with Crippen LogP contribution in [-0.2, 0) is 4.74 Å². The molecule has 2 rings (SSSR count). The van der Waals surface area contributed by atoms with Crippen LogP contribution in [0.15, 0.2) is 23.2 Å². The van der Waals surface area contributed by atoms with Crippen molar-refractivity contribution in [2.24, 2.45) is 10.7 Å². The van der Waals surface area contributed by atoms with Gasteiger partial charge < -0.3 is 20.7 Å². The number of rotatable bonds is 2. The predicted molar refractivity (Wildman–Crippen MR) is 83.6 cm³/mol. The third-order valence-electron chi connectivity index (χ3n) is 3.03. The second-order valence-corrected chi connectivity index (χ2v) is 6.10. The van der Waals surface area contributed by atoms with Crippen LogP contribution in [0.2, 0.25) is 0 Å². The van der Waals surface area contributed by atoms with Gasteiger partial charge in [0.2, 0.25) is 0 Å². The smallest absolute Gasteiger partial charge is 0.194 e. The molecule has 21 heavy (non-hydrogen) atoms. The van der Waals surface area contributed by atoms with E-state index < -0.39 is 0 Å². The first-order chi connectivity index (χ1) is 9.85. The Balaban J connectivity index is 2.28. The highest BCUT2D eigenvalue weighted by Gasteiger charge is 2.16. The summed E-state index contributed by atoms with van der Waals surface area (Å²) in [4.78, 5) is 6.46. The van der Waals surface area contributed by atoms with Crippen molar-refractivity contribution in [2.75, 3.05) is 31.2 Å². The fourth-order valence-corrected chi connectivity index (χ4v) is 2.19. The fraction of sp³-hybridized carbons (Fsp3) is 0.533. The molecular weight excluding hydrogens is 271 g/mol. The van der Waals surface area contributed by atoms with Gasteiger partial charge in [-0.3, -0.25) is 0 Å². The van der Waals surface area contributed by atoms with E-state index in [-0.39, 0.29) is 11.4 Å². The van der Waals surface area contributed by atoms with Gasteiger partial charge in [-0.25, -0.2) is 9.38 Å². The molecule has 1 aliphatic heterocycles. The quantitative estimate of drug-likeness (QED) is 0.647. The molecule has 0 radical (unpaired) electrons. The van der Waals surface area contributed by atoms with Gasteiger partial charge >= 0.3 is 0 Å². The molecule has 1 aromatic carbocycles. The van der Waals surface area contributed by atoms with E-state index in [0.29, 0.717) is 24.9 Å². The average molecular weight is 294 g/mol.